The highest BCUT2D eigenvalue weighted by Crippen LogP contribution is 2.38. The first-order valence-electron chi connectivity index (χ1n) is 6.63. The lowest BCUT2D eigenvalue weighted by atomic mass is 9.87. The minimum atomic E-state index is 0.600. The lowest BCUT2D eigenvalue weighted by Gasteiger charge is -2.27. The van der Waals surface area contributed by atoms with Gasteiger partial charge in [-0.15, -0.1) is 0 Å². The minimum Gasteiger partial charge on any atom is -0.316 e. The molecule has 3 rings (SSSR count). The summed E-state index contributed by atoms with van der Waals surface area (Å²) in [4.78, 5) is 4.22. The van der Waals surface area contributed by atoms with Crippen molar-refractivity contribution in [2.45, 2.75) is 31.6 Å². The quantitative estimate of drug-likeness (QED) is 0.774. The second-order valence-electron chi connectivity index (χ2n) is 5.55. The summed E-state index contributed by atoms with van der Waals surface area (Å²) in [6.45, 7) is 2.43. The van der Waals surface area contributed by atoms with Crippen molar-refractivity contribution in [2.75, 3.05) is 13.1 Å². The van der Waals surface area contributed by atoms with Crippen LogP contribution in [0, 0.1) is 11.8 Å². The maximum Gasteiger partial charge on any atom is 0.129 e. The van der Waals surface area contributed by atoms with Crippen molar-refractivity contribution >= 4 is 11.6 Å². The molecule has 2 nitrogen and oxygen atoms in total. The number of rotatable bonds is 1. The zero-order chi connectivity index (χ0) is 11.7. The lowest BCUT2D eigenvalue weighted by Crippen LogP contribution is -2.35. The van der Waals surface area contributed by atoms with E-state index in [9.17, 15) is 0 Å². The predicted molar refractivity (Wildman–Crippen MR) is 70.3 cm³/mol. The zero-order valence-corrected chi connectivity index (χ0v) is 10.8. The molecule has 1 aromatic rings. The first kappa shape index (κ1) is 11.5. The Bertz CT molecular complexity index is 376. The highest BCUT2D eigenvalue weighted by molar-refractivity contribution is 6.29. The third-order valence-corrected chi connectivity index (χ3v) is 4.52. The molecule has 17 heavy (non-hydrogen) atoms. The third-order valence-electron chi connectivity index (χ3n) is 4.30. The number of fused-ring (bicyclic) bond motifs is 2. The van der Waals surface area contributed by atoms with Crippen LogP contribution in [0.5, 0.6) is 0 Å². The van der Waals surface area contributed by atoms with Crippen molar-refractivity contribution in [1.29, 1.82) is 0 Å². The van der Waals surface area contributed by atoms with Crippen LogP contribution < -0.4 is 5.32 Å². The Balaban J connectivity index is 1.76. The largest absolute Gasteiger partial charge is 0.316 e. The van der Waals surface area contributed by atoms with E-state index in [1.54, 1.807) is 0 Å². The van der Waals surface area contributed by atoms with Gasteiger partial charge in [-0.1, -0.05) is 17.7 Å². The van der Waals surface area contributed by atoms with Crippen LogP contribution in [0.1, 0.15) is 37.2 Å². The zero-order valence-electron chi connectivity index (χ0n) is 10.0. The molecule has 1 saturated heterocycles. The van der Waals surface area contributed by atoms with E-state index in [4.69, 9.17) is 11.6 Å². The van der Waals surface area contributed by atoms with Gasteiger partial charge in [0.1, 0.15) is 5.15 Å². The van der Waals surface area contributed by atoms with Crippen LogP contribution in [0.25, 0.3) is 0 Å². The van der Waals surface area contributed by atoms with E-state index in [0.717, 1.165) is 11.8 Å². The summed E-state index contributed by atoms with van der Waals surface area (Å²) < 4.78 is 0. The summed E-state index contributed by atoms with van der Waals surface area (Å²) in [5.41, 5.74) is 1.38. The molecule has 2 heterocycles. The van der Waals surface area contributed by atoms with Crippen molar-refractivity contribution < 1.29 is 0 Å². The maximum absolute atomic E-state index is 5.85. The Morgan fingerprint density at radius 1 is 1.12 bits per heavy atom. The normalized spacial score (nSPS) is 33.1. The number of halogens is 1. The molecular formula is C14H19ClN2. The van der Waals surface area contributed by atoms with Crippen molar-refractivity contribution in [3.63, 3.8) is 0 Å². The van der Waals surface area contributed by atoms with Gasteiger partial charge in [-0.3, -0.25) is 0 Å². The van der Waals surface area contributed by atoms with Crippen LogP contribution in [-0.2, 0) is 0 Å². The monoisotopic (exact) mass is 250 g/mol. The van der Waals surface area contributed by atoms with Crippen molar-refractivity contribution in [3.05, 3.63) is 29.0 Å². The Labute approximate surface area is 108 Å². The Kier molecular flexibility index (Phi) is 3.34. The van der Waals surface area contributed by atoms with Gasteiger partial charge in [-0.05, 0) is 68.2 Å². The summed E-state index contributed by atoms with van der Waals surface area (Å²) in [5.74, 6) is 2.45. The highest BCUT2D eigenvalue weighted by Gasteiger charge is 2.29. The van der Waals surface area contributed by atoms with E-state index in [1.165, 1.54) is 44.3 Å². The van der Waals surface area contributed by atoms with Crippen LogP contribution in [0.3, 0.4) is 0 Å². The van der Waals surface area contributed by atoms with E-state index in [0.29, 0.717) is 11.1 Å². The number of nitrogens with zero attached hydrogens (tertiary/aromatic N) is 1. The fraction of sp³-hybridized carbons (Fsp3) is 0.643. The molecule has 3 heteroatoms. The van der Waals surface area contributed by atoms with Gasteiger partial charge in [-0.25, -0.2) is 4.98 Å². The first-order chi connectivity index (χ1) is 8.31. The maximum atomic E-state index is 5.85. The van der Waals surface area contributed by atoms with Crippen LogP contribution >= 0.6 is 11.6 Å². The van der Waals surface area contributed by atoms with Crippen LogP contribution in [-0.4, -0.2) is 18.1 Å². The predicted octanol–water partition coefficient (Wildman–Crippen LogP) is 3.23. The molecule has 2 aliphatic rings. The fourth-order valence-electron chi connectivity index (χ4n) is 3.42. The van der Waals surface area contributed by atoms with Gasteiger partial charge in [0.05, 0.1) is 0 Å². The van der Waals surface area contributed by atoms with E-state index in [1.807, 2.05) is 12.3 Å². The van der Waals surface area contributed by atoms with Gasteiger partial charge in [0.15, 0.2) is 0 Å². The molecule has 0 amide bonds. The number of hydrogen-bond acceptors (Lipinski definition) is 2. The average molecular weight is 251 g/mol. The third kappa shape index (κ3) is 2.63. The van der Waals surface area contributed by atoms with E-state index >= 15 is 0 Å². The number of piperidine rings is 1. The second kappa shape index (κ2) is 4.95. The second-order valence-corrected chi connectivity index (χ2v) is 5.94. The number of hydrogen-bond donors (Lipinski definition) is 1. The highest BCUT2D eigenvalue weighted by atomic mass is 35.5. The lowest BCUT2D eigenvalue weighted by molar-refractivity contribution is 0.289. The summed E-state index contributed by atoms with van der Waals surface area (Å²) in [6.07, 6.45) is 7.37. The molecule has 1 aliphatic heterocycles. The van der Waals surface area contributed by atoms with E-state index in [-0.39, 0.29) is 0 Å². The number of aromatic nitrogens is 1. The molecule has 0 aromatic carbocycles. The molecule has 2 bridgehead atoms. The summed E-state index contributed by atoms with van der Waals surface area (Å²) in [6, 6.07) is 4.08. The van der Waals surface area contributed by atoms with Crippen molar-refractivity contribution in [3.8, 4) is 0 Å². The molecule has 0 radical (unpaired) electrons. The van der Waals surface area contributed by atoms with Gasteiger partial charge < -0.3 is 5.32 Å². The van der Waals surface area contributed by atoms with Crippen LogP contribution in [0.15, 0.2) is 18.3 Å². The Hall–Kier alpha value is -0.600. The van der Waals surface area contributed by atoms with Gasteiger partial charge in [0, 0.05) is 6.20 Å². The topological polar surface area (TPSA) is 24.9 Å². The molecule has 1 saturated carbocycles. The van der Waals surface area contributed by atoms with E-state index in [2.05, 4.69) is 16.4 Å². The van der Waals surface area contributed by atoms with Gasteiger partial charge >= 0.3 is 0 Å². The smallest absolute Gasteiger partial charge is 0.129 e. The SMILES string of the molecule is Clc1ccc(C2CCC3CNCC(C3)C2)cn1. The van der Waals surface area contributed by atoms with Gasteiger partial charge in [0.25, 0.3) is 0 Å². The molecule has 1 N–H and O–H groups in total. The molecule has 1 aromatic heterocycles. The van der Waals surface area contributed by atoms with Crippen LogP contribution in [0.2, 0.25) is 5.15 Å². The molecule has 3 unspecified atom stereocenters. The fourth-order valence-corrected chi connectivity index (χ4v) is 3.53. The number of pyridine rings is 1. The van der Waals surface area contributed by atoms with Gasteiger partial charge in [-0.2, -0.15) is 0 Å². The Morgan fingerprint density at radius 3 is 2.82 bits per heavy atom. The molecule has 92 valence electrons. The minimum absolute atomic E-state index is 0.600. The van der Waals surface area contributed by atoms with Gasteiger partial charge in [0.2, 0.25) is 0 Å². The molecule has 3 atom stereocenters. The van der Waals surface area contributed by atoms with E-state index < -0.39 is 0 Å². The summed E-state index contributed by atoms with van der Waals surface area (Å²) in [7, 11) is 0. The standard InChI is InChI=1S/C14H19ClN2/c15-14-4-3-13(9-17-14)12-2-1-10-5-11(6-12)8-16-7-10/h3-4,9-12,16H,1-2,5-8H2. The molecule has 0 spiro atoms. The number of nitrogens with one attached hydrogen (secondary N) is 1. The first-order valence-corrected chi connectivity index (χ1v) is 7.01. The van der Waals surface area contributed by atoms with Crippen LogP contribution in [0.4, 0.5) is 0 Å². The molecule has 1 aliphatic carbocycles. The summed E-state index contributed by atoms with van der Waals surface area (Å²) in [5, 5.41) is 4.17. The average Bonchev–Trinajstić information content (AvgIpc) is 2.49. The Morgan fingerprint density at radius 2 is 2.00 bits per heavy atom. The van der Waals surface area contributed by atoms with Crippen molar-refractivity contribution in [2.24, 2.45) is 11.8 Å². The van der Waals surface area contributed by atoms with Crippen molar-refractivity contribution in [1.82, 2.24) is 10.3 Å². The summed E-state index contributed by atoms with van der Waals surface area (Å²) >= 11 is 5.85. The molecular weight excluding hydrogens is 232 g/mol. The molecule has 2 fully saturated rings.